The van der Waals surface area contributed by atoms with Gasteiger partial charge in [0, 0.05) is 30.2 Å². The highest BCUT2D eigenvalue weighted by Crippen LogP contribution is 2.29. The van der Waals surface area contributed by atoms with Gasteiger partial charge in [-0.15, -0.1) is 0 Å². The Morgan fingerprint density at radius 1 is 1.10 bits per heavy atom. The Morgan fingerprint density at radius 2 is 2.10 bits per heavy atom. The number of aromatic amines is 1. The van der Waals surface area contributed by atoms with Gasteiger partial charge in [-0.2, -0.15) is 0 Å². The van der Waals surface area contributed by atoms with Crippen LogP contribution in [0, 0.1) is 0 Å². The van der Waals surface area contributed by atoms with E-state index in [1.54, 1.807) is 23.7 Å². The Morgan fingerprint density at radius 3 is 3.05 bits per heavy atom. The molecular formula is C15H9N5S. The Bertz CT molecular complexity index is 1070. The molecule has 6 heteroatoms. The molecule has 4 heterocycles. The molecule has 0 saturated heterocycles. The monoisotopic (exact) mass is 291 g/mol. The third-order valence-corrected chi connectivity index (χ3v) is 4.57. The highest BCUT2D eigenvalue weighted by Gasteiger charge is 2.11. The lowest BCUT2D eigenvalue weighted by Gasteiger charge is -1.95. The average Bonchev–Trinajstić information content (AvgIpc) is 3.20. The van der Waals surface area contributed by atoms with Gasteiger partial charge in [0.15, 0.2) is 4.96 Å². The van der Waals surface area contributed by atoms with Gasteiger partial charge in [-0.3, -0.25) is 9.38 Å². The molecule has 0 saturated carbocycles. The van der Waals surface area contributed by atoms with E-state index < -0.39 is 0 Å². The number of H-pyrrole nitrogens is 1. The van der Waals surface area contributed by atoms with Crippen molar-refractivity contribution >= 4 is 38.2 Å². The van der Waals surface area contributed by atoms with E-state index in [9.17, 15) is 0 Å². The Kier molecular flexibility index (Phi) is 2.04. The van der Waals surface area contributed by atoms with Crippen molar-refractivity contribution in [1.82, 2.24) is 24.3 Å². The quantitative estimate of drug-likeness (QED) is 0.514. The molecule has 0 unspecified atom stereocenters. The van der Waals surface area contributed by atoms with Crippen molar-refractivity contribution in [2.75, 3.05) is 0 Å². The van der Waals surface area contributed by atoms with Gasteiger partial charge < -0.3 is 4.98 Å². The zero-order valence-corrected chi connectivity index (χ0v) is 11.6. The normalized spacial score (nSPS) is 11.8. The number of aromatic nitrogens is 5. The van der Waals surface area contributed by atoms with Crippen LogP contribution < -0.4 is 0 Å². The van der Waals surface area contributed by atoms with Crippen LogP contribution in [0.4, 0.5) is 0 Å². The van der Waals surface area contributed by atoms with E-state index in [-0.39, 0.29) is 0 Å². The molecule has 21 heavy (non-hydrogen) atoms. The summed E-state index contributed by atoms with van der Waals surface area (Å²) < 4.78 is 2.01. The third kappa shape index (κ3) is 1.53. The number of nitrogens with zero attached hydrogens (tertiary/aromatic N) is 4. The zero-order chi connectivity index (χ0) is 13.8. The SMILES string of the molecule is c1cnc2ccc3[nH]c(-c4cn5ccnc5s4)nc3c2c1. The number of hydrogen-bond donors (Lipinski definition) is 1. The number of nitrogens with one attached hydrogen (secondary N) is 1. The maximum absolute atomic E-state index is 4.76. The van der Waals surface area contributed by atoms with Crippen LogP contribution in [0.1, 0.15) is 0 Å². The largest absolute Gasteiger partial charge is 0.337 e. The first-order valence-corrected chi connectivity index (χ1v) is 7.36. The zero-order valence-electron chi connectivity index (χ0n) is 10.8. The smallest absolute Gasteiger partial charge is 0.194 e. The minimum atomic E-state index is 0.872. The summed E-state index contributed by atoms with van der Waals surface area (Å²) >= 11 is 1.62. The van der Waals surface area contributed by atoms with Crippen molar-refractivity contribution < 1.29 is 0 Å². The van der Waals surface area contributed by atoms with E-state index in [4.69, 9.17) is 4.98 Å². The molecule has 0 aliphatic carbocycles. The number of pyridine rings is 1. The molecule has 100 valence electrons. The first-order chi connectivity index (χ1) is 10.4. The van der Waals surface area contributed by atoms with Gasteiger partial charge in [-0.05, 0) is 24.3 Å². The summed E-state index contributed by atoms with van der Waals surface area (Å²) in [5.74, 6) is 0.872. The summed E-state index contributed by atoms with van der Waals surface area (Å²) in [5, 5.41) is 1.07. The molecule has 0 amide bonds. The van der Waals surface area contributed by atoms with E-state index in [1.807, 2.05) is 35.0 Å². The summed E-state index contributed by atoms with van der Waals surface area (Å²) in [6.07, 6.45) is 7.59. The molecule has 0 spiro atoms. The molecule has 0 fully saturated rings. The van der Waals surface area contributed by atoms with Crippen molar-refractivity contribution in [2.45, 2.75) is 0 Å². The first kappa shape index (κ1) is 11.0. The highest BCUT2D eigenvalue weighted by molar-refractivity contribution is 7.20. The van der Waals surface area contributed by atoms with Crippen LogP contribution >= 0.6 is 11.3 Å². The lowest BCUT2D eigenvalue weighted by atomic mass is 10.2. The molecule has 0 aliphatic heterocycles. The fraction of sp³-hybridized carbons (Fsp3) is 0. The molecule has 0 radical (unpaired) electrons. The van der Waals surface area contributed by atoms with Crippen molar-refractivity contribution in [1.29, 1.82) is 0 Å². The van der Waals surface area contributed by atoms with Crippen molar-refractivity contribution in [2.24, 2.45) is 0 Å². The number of rotatable bonds is 1. The van der Waals surface area contributed by atoms with Crippen LogP contribution in [-0.4, -0.2) is 24.3 Å². The van der Waals surface area contributed by atoms with Gasteiger partial charge >= 0.3 is 0 Å². The van der Waals surface area contributed by atoms with Gasteiger partial charge in [-0.1, -0.05) is 11.3 Å². The van der Waals surface area contributed by atoms with E-state index >= 15 is 0 Å². The highest BCUT2D eigenvalue weighted by atomic mass is 32.1. The standard InChI is InChI=1S/C15H9N5S/c1-2-9-10(16-5-1)3-4-11-13(9)19-14(18-11)12-8-20-7-6-17-15(20)21-12/h1-8H,(H,18,19). The Balaban J connectivity index is 1.80. The van der Waals surface area contributed by atoms with Crippen molar-refractivity contribution in [3.8, 4) is 10.7 Å². The molecule has 0 bridgehead atoms. The first-order valence-electron chi connectivity index (χ1n) is 6.55. The van der Waals surface area contributed by atoms with Crippen LogP contribution in [0.2, 0.25) is 0 Å². The molecule has 1 N–H and O–H groups in total. The second-order valence-corrected chi connectivity index (χ2v) is 5.84. The molecule has 5 nitrogen and oxygen atoms in total. The fourth-order valence-electron chi connectivity index (χ4n) is 2.58. The molecule has 5 aromatic rings. The Hall–Kier alpha value is -2.73. The minimum absolute atomic E-state index is 0.872. The molecular weight excluding hydrogens is 282 g/mol. The third-order valence-electron chi connectivity index (χ3n) is 3.56. The van der Waals surface area contributed by atoms with Gasteiger partial charge in [0.25, 0.3) is 0 Å². The predicted molar refractivity (Wildman–Crippen MR) is 83.5 cm³/mol. The fourth-order valence-corrected chi connectivity index (χ4v) is 3.47. The van der Waals surface area contributed by atoms with Crippen LogP contribution in [-0.2, 0) is 0 Å². The van der Waals surface area contributed by atoms with E-state index in [1.165, 1.54) is 0 Å². The number of benzene rings is 1. The van der Waals surface area contributed by atoms with Crippen molar-refractivity contribution in [3.05, 3.63) is 49.1 Å². The second kappa shape index (κ2) is 3.89. The number of imidazole rings is 2. The average molecular weight is 291 g/mol. The van der Waals surface area contributed by atoms with Crippen LogP contribution in [0.5, 0.6) is 0 Å². The maximum Gasteiger partial charge on any atom is 0.194 e. The molecule has 1 aromatic carbocycles. The van der Waals surface area contributed by atoms with Crippen LogP contribution in [0.15, 0.2) is 49.1 Å². The number of hydrogen-bond acceptors (Lipinski definition) is 4. The molecule has 4 aromatic heterocycles. The lowest BCUT2D eigenvalue weighted by molar-refractivity contribution is 1.22. The summed E-state index contributed by atoms with van der Waals surface area (Å²) in [6, 6.07) is 8.03. The number of fused-ring (bicyclic) bond motifs is 4. The van der Waals surface area contributed by atoms with Gasteiger partial charge in [0.1, 0.15) is 5.82 Å². The lowest BCUT2D eigenvalue weighted by Crippen LogP contribution is -1.78. The van der Waals surface area contributed by atoms with E-state index in [0.29, 0.717) is 0 Å². The maximum atomic E-state index is 4.76. The van der Waals surface area contributed by atoms with E-state index in [0.717, 1.165) is 37.6 Å². The van der Waals surface area contributed by atoms with Crippen LogP contribution in [0.3, 0.4) is 0 Å². The Labute approximate surface area is 122 Å². The minimum Gasteiger partial charge on any atom is -0.337 e. The van der Waals surface area contributed by atoms with Gasteiger partial charge in [-0.25, -0.2) is 9.97 Å². The predicted octanol–water partition coefficient (Wildman–Crippen LogP) is 3.49. The summed E-state index contributed by atoms with van der Waals surface area (Å²) in [6.45, 7) is 0. The number of thiazole rings is 1. The van der Waals surface area contributed by atoms with Gasteiger partial charge in [0.2, 0.25) is 0 Å². The summed E-state index contributed by atoms with van der Waals surface area (Å²) in [7, 11) is 0. The van der Waals surface area contributed by atoms with Crippen LogP contribution in [0.25, 0.3) is 37.6 Å². The second-order valence-electron chi connectivity index (χ2n) is 4.83. The summed E-state index contributed by atoms with van der Waals surface area (Å²) in [5.41, 5.74) is 2.95. The van der Waals surface area contributed by atoms with Gasteiger partial charge in [0.05, 0.1) is 21.4 Å². The molecule has 0 aliphatic rings. The van der Waals surface area contributed by atoms with E-state index in [2.05, 4.69) is 21.0 Å². The molecule has 0 atom stereocenters. The van der Waals surface area contributed by atoms with Crippen molar-refractivity contribution in [3.63, 3.8) is 0 Å². The summed E-state index contributed by atoms with van der Waals surface area (Å²) in [4.78, 5) is 18.9. The topological polar surface area (TPSA) is 58.9 Å². The molecule has 5 rings (SSSR count).